The molecule has 0 bridgehead atoms. The highest BCUT2D eigenvalue weighted by molar-refractivity contribution is 8.18. The first kappa shape index (κ1) is 18.0. The number of hydrogen-bond donors (Lipinski definition) is 1. The van der Waals surface area contributed by atoms with Crippen molar-refractivity contribution >= 4 is 39.0 Å². The van der Waals surface area contributed by atoms with Crippen LogP contribution in [0, 0.1) is 0 Å². The predicted molar refractivity (Wildman–Crippen MR) is 99.4 cm³/mol. The first-order valence-corrected chi connectivity index (χ1v) is 9.57. The predicted octanol–water partition coefficient (Wildman–Crippen LogP) is 2.39. The summed E-state index contributed by atoms with van der Waals surface area (Å²) in [5, 5.41) is 0.165. The number of amides is 1. The molecule has 0 saturated heterocycles. The van der Waals surface area contributed by atoms with E-state index in [-0.39, 0.29) is 21.6 Å². The summed E-state index contributed by atoms with van der Waals surface area (Å²) >= 11 is 1.04. The molecule has 1 aliphatic heterocycles. The molecule has 0 spiro atoms. The third-order valence-corrected chi connectivity index (χ3v) is 5.42. The lowest BCUT2D eigenvalue weighted by Crippen LogP contribution is -2.10. The molecule has 134 valence electrons. The van der Waals surface area contributed by atoms with Crippen molar-refractivity contribution in [3.8, 4) is 11.5 Å². The van der Waals surface area contributed by atoms with Crippen molar-refractivity contribution in [2.24, 2.45) is 10.7 Å². The molecular formula is C17H14N2O5S2. The van der Waals surface area contributed by atoms with Crippen molar-refractivity contribution in [3.63, 3.8) is 0 Å². The number of aliphatic imine (C=N–C) groups is 1. The fraction of sp³-hybridized carbons (Fsp3) is 0.0588. The summed E-state index contributed by atoms with van der Waals surface area (Å²) in [5.74, 6) is -0.189. The van der Waals surface area contributed by atoms with Gasteiger partial charge in [0.05, 0.1) is 12.0 Å². The Morgan fingerprint density at radius 2 is 1.85 bits per heavy atom. The van der Waals surface area contributed by atoms with Crippen molar-refractivity contribution < 1.29 is 22.1 Å². The SMILES string of the molecule is COc1ccc(/C=C2\SC(N)=NC2=O)cc1OS(=O)(=O)c1ccccc1. The van der Waals surface area contributed by atoms with Crippen LogP contribution >= 0.6 is 11.8 Å². The minimum atomic E-state index is -4.02. The van der Waals surface area contributed by atoms with E-state index in [0.717, 1.165) is 11.8 Å². The molecule has 9 heteroatoms. The average molecular weight is 390 g/mol. The Labute approximate surface area is 154 Å². The molecule has 0 fully saturated rings. The summed E-state index contributed by atoms with van der Waals surface area (Å²) in [4.78, 5) is 15.7. The van der Waals surface area contributed by atoms with Gasteiger partial charge in [-0.1, -0.05) is 24.3 Å². The van der Waals surface area contributed by atoms with E-state index < -0.39 is 16.0 Å². The first-order chi connectivity index (χ1) is 12.4. The number of carbonyl (C=O) groups is 1. The molecular weight excluding hydrogens is 376 g/mol. The van der Waals surface area contributed by atoms with Crippen LogP contribution < -0.4 is 14.7 Å². The zero-order valence-corrected chi connectivity index (χ0v) is 15.2. The Kier molecular flexibility index (Phi) is 5.01. The van der Waals surface area contributed by atoms with Crippen molar-refractivity contribution in [2.45, 2.75) is 4.90 Å². The van der Waals surface area contributed by atoms with Gasteiger partial charge in [-0.3, -0.25) is 4.79 Å². The smallest absolute Gasteiger partial charge is 0.339 e. The highest BCUT2D eigenvalue weighted by Gasteiger charge is 2.21. The van der Waals surface area contributed by atoms with Gasteiger partial charge in [-0.05, 0) is 47.7 Å². The lowest BCUT2D eigenvalue weighted by molar-refractivity contribution is -0.113. The van der Waals surface area contributed by atoms with Gasteiger partial charge in [0.1, 0.15) is 4.90 Å². The average Bonchev–Trinajstić information content (AvgIpc) is 2.93. The zero-order chi connectivity index (χ0) is 18.7. The standard InChI is InChI=1S/C17H14N2O5S2/c1-23-13-8-7-11(10-15-16(20)19-17(18)25-15)9-14(13)24-26(21,22)12-5-3-2-4-6-12/h2-10H,1H3,(H2,18,19,20)/b15-10-. The van der Waals surface area contributed by atoms with E-state index in [1.54, 1.807) is 36.4 Å². The van der Waals surface area contributed by atoms with Crippen LogP contribution in [0.1, 0.15) is 5.56 Å². The monoisotopic (exact) mass is 390 g/mol. The van der Waals surface area contributed by atoms with Crippen LogP contribution in [-0.4, -0.2) is 26.6 Å². The molecule has 0 aliphatic carbocycles. The lowest BCUT2D eigenvalue weighted by atomic mass is 10.2. The fourth-order valence-corrected chi connectivity index (χ4v) is 3.81. The molecule has 0 unspecified atom stereocenters. The second kappa shape index (κ2) is 7.22. The fourth-order valence-electron chi connectivity index (χ4n) is 2.18. The normalized spacial score (nSPS) is 15.8. The molecule has 1 amide bonds. The topological polar surface area (TPSA) is 108 Å². The van der Waals surface area contributed by atoms with E-state index in [1.807, 2.05) is 0 Å². The maximum Gasteiger partial charge on any atom is 0.339 e. The lowest BCUT2D eigenvalue weighted by Gasteiger charge is -2.11. The number of thioether (sulfide) groups is 1. The number of carbonyl (C=O) groups excluding carboxylic acids is 1. The molecule has 1 aliphatic rings. The summed E-state index contributed by atoms with van der Waals surface area (Å²) in [6.07, 6.45) is 1.55. The zero-order valence-electron chi connectivity index (χ0n) is 13.6. The van der Waals surface area contributed by atoms with E-state index in [9.17, 15) is 13.2 Å². The summed E-state index contributed by atoms with van der Waals surface area (Å²) in [6.45, 7) is 0. The molecule has 2 aromatic rings. The number of benzene rings is 2. The number of nitrogens with two attached hydrogens (primary N) is 1. The third-order valence-electron chi connectivity index (χ3n) is 3.35. The van der Waals surface area contributed by atoms with Crippen LogP contribution in [-0.2, 0) is 14.9 Å². The van der Waals surface area contributed by atoms with Gasteiger partial charge in [0.25, 0.3) is 5.91 Å². The van der Waals surface area contributed by atoms with Gasteiger partial charge < -0.3 is 14.7 Å². The number of nitrogens with zero attached hydrogens (tertiary/aromatic N) is 1. The Balaban J connectivity index is 1.94. The van der Waals surface area contributed by atoms with Crippen LogP contribution in [0.15, 0.2) is 63.3 Å². The van der Waals surface area contributed by atoms with Crippen molar-refractivity contribution in [3.05, 3.63) is 59.0 Å². The molecule has 3 rings (SSSR count). The Morgan fingerprint density at radius 1 is 1.12 bits per heavy atom. The van der Waals surface area contributed by atoms with Crippen molar-refractivity contribution in [2.75, 3.05) is 7.11 Å². The van der Waals surface area contributed by atoms with Gasteiger partial charge in [-0.15, -0.1) is 0 Å². The van der Waals surface area contributed by atoms with E-state index >= 15 is 0 Å². The van der Waals surface area contributed by atoms with E-state index in [0.29, 0.717) is 10.5 Å². The Bertz CT molecular complexity index is 1010. The molecule has 2 aromatic carbocycles. The molecule has 0 aromatic heterocycles. The van der Waals surface area contributed by atoms with Gasteiger partial charge in [-0.2, -0.15) is 13.4 Å². The maximum atomic E-state index is 12.4. The third kappa shape index (κ3) is 3.89. The minimum absolute atomic E-state index is 0.00930. The summed E-state index contributed by atoms with van der Waals surface area (Å²) in [5.41, 5.74) is 6.07. The van der Waals surface area contributed by atoms with Crippen molar-refractivity contribution in [1.29, 1.82) is 0 Å². The molecule has 0 radical (unpaired) electrons. The quantitative estimate of drug-likeness (QED) is 0.617. The second-order valence-corrected chi connectivity index (χ2v) is 7.74. The largest absolute Gasteiger partial charge is 0.493 e. The molecule has 2 N–H and O–H groups in total. The Morgan fingerprint density at radius 3 is 2.46 bits per heavy atom. The minimum Gasteiger partial charge on any atom is -0.493 e. The summed E-state index contributed by atoms with van der Waals surface area (Å²) < 4.78 is 35.3. The van der Waals surface area contributed by atoms with Crippen LogP contribution in [0.5, 0.6) is 11.5 Å². The summed E-state index contributed by atoms with van der Waals surface area (Å²) in [7, 11) is -2.62. The van der Waals surface area contributed by atoms with Gasteiger partial charge in [-0.25, -0.2) is 0 Å². The van der Waals surface area contributed by atoms with Crippen LogP contribution in [0.3, 0.4) is 0 Å². The number of ether oxygens (including phenoxy) is 1. The van der Waals surface area contributed by atoms with Gasteiger partial charge in [0.2, 0.25) is 0 Å². The van der Waals surface area contributed by atoms with Crippen molar-refractivity contribution in [1.82, 2.24) is 0 Å². The number of methoxy groups -OCH3 is 1. The number of hydrogen-bond acceptors (Lipinski definition) is 7. The molecule has 0 atom stereocenters. The van der Waals surface area contributed by atoms with Crippen LogP contribution in [0.25, 0.3) is 6.08 Å². The maximum absolute atomic E-state index is 12.4. The highest BCUT2D eigenvalue weighted by Crippen LogP contribution is 2.33. The van der Waals surface area contributed by atoms with E-state index in [4.69, 9.17) is 14.7 Å². The first-order valence-electron chi connectivity index (χ1n) is 7.34. The highest BCUT2D eigenvalue weighted by atomic mass is 32.2. The summed E-state index contributed by atoms with van der Waals surface area (Å²) in [6, 6.07) is 12.4. The number of rotatable bonds is 5. The van der Waals surface area contributed by atoms with Gasteiger partial charge >= 0.3 is 10.1 Å². The number of amidine groups is 1. The molecule has 0 saturated carbocycles. The van der Waals surface area contributed by atoms with E-state index in [2.05, 4.69) is 4.99 Å². The Hall–Kier alpha value is -2.78. The van der Waals surface area contributed by atoms with Crippen LogP contribution in [0.4, 0.5) is 0 Å². The molecule has 7 nitrogen and oxygen atoms in total. The molecule has 26 heavy (non-hydrogen) atoms. The van der Waals surface area contributed by atoms with Gasteiger partial charge in [0.15, 0.2) is 16.7 Å². The second-order valence-electron chi connectivity index (χ2n) is 5.13. The molecule has 1 heterocycles. The van der Waals surface area contributed by atoms with Crippen LogP contribution in [0.2, 0.25) is 0 Å². The van der Waals surface area contributed by atoms with Gasteiger partial charge in [0, 0.05) is 0 Å². The van der Waals surface area contributed by atoms with E-state index in [1.165, 1.54) is 25.3 Å².